The van der Waals surface area contributed by atoms with Crippen molar-refractivity contribution in [2.75, 3.05) is 13.1 Å². The number of fused-ring (bicyclic) bond motifs is 1. The van der Waals surface area contributed by atoms with E-state index in [1.54, 1.807) is 12.3 Å². The molecule has 5 heteroatoms. The number of aromatic nitrogens is 1. The monoisotopic (exact) mass is 302 g/mol. The van der Waals surface area contributed by atoms with Crippen molar-refractivity contribution in [2.45, 2.75) is 32.6 Å². The lowest BCUT2D eigenvalue weighted by Crippen LogP contribution is -2.31. The lowest BCUT2D eigenvalue weighted by Gasteiger charge is -2.19. The molecular weight excluding hydrogens is 283 g/mol. The first-order valence-electron chi connectivity index (χ1n) is 7.69. The van der Waals surface area contributed by atoms with Gasteiger partial charge in [-0.05, 0) is 31.0 Å². The molecule has 0 saturated carbocycles. The number of hydrogen-bond donors (Lipinski definition) is 0. The molecule has 22 heavy (non-hydrogen) atoms. The molecule has 116 valence electrons. The Morgan fingerprint density at radius 1 is 1.09 bits per heavy atom. The van der Waals surface area contributed by atoms with Crippen LogP contribution >= 0.6 is 0 Å². The summed E-state index contributed by atoms with van der Waals surface area (Å²) in [5.41, 5.74) is 0.985. The fourth-order valence-electron chi connectivity index (χ4n) is 3.08. The molecule has 1 saturated heterocycles. The van der Waals surface area contributed by atoms with Crippen molar-refractivity contribution < 1.29 is 14.0 Å². The first kappa shape index (κ1) is 14.8. The van der Waals surface area contributed by atoms with Crippen LogP contribution in [0.25, 0.3) is 10.9 Å². The molecule has 0 aliphatic carbocycles. The number of rotatable bonds is 1. The van der Waals surface area contributed by atoms with Crippen molar-refractivity contribution in [3.63, 3.8) is 0 Å². The number of hydrogen-bond acceptors (Lipinski definition) is 2. The van der Waals surface area contributed by atoms with E-state index in [-0.39, 0.29) is 11.8 Å². The van der Waals surface area contributed by atoms with Gasteiger partial charge in [-0.3, -0.25) is 14.2 Å². The Morgan fingerprint density at radius 3 is 2.41 bits per heavy atom. The lowest BCUT2D eigenvalue weighted by atomic mass is 10.1. The standard InChI is InChI=1S/C17H19FN2O2/c1-12(21)20-11-15(14-10-13(18)6-7-16(14)20)17(22)19-8-4-2-3-5-9-19/h6-7,10-11H,2-5,8-9H2,1H3. The van der Waals surface area contributed by atoms with Crippen LogP contribution in [0.3, 0.4) is 0 Å². The van der Waals surface area contributed by atoms with Crippen LogP contribution in [0.15, 0.2) is 24.4 Å². The zero-order valence-electron chi connectivity index (χ0n) is 12.6. The van der Waals surface area contributed by atoms with E-state index in [2.05, 4.69) is 0 Å². The van der Waals surface area contributed by atoms with E-state index in [4.69, 9.17) is 0 Å². The topological polar surface area (TPSA) is 42.3 Å². The summed E-state index contributed by atoms with van der Waals surface area (Å²) in [4.78, 5) is 26.4. The maximum atomic E-state index is 13.6. The summed E-state index contributed by atoms with van der Waals surface area (Å²) in [5.74, 6) is -0.706. The molecule has 0 spiro atoms. The van der Waals surface area contributed by atoms with Crippen molar-refractivity contribution in [3.8, 4) is 0 Å². The van der Waals surface area contributed by atoms with Gasteiger partial charge < -0.3 is 4.90 Å². The zero-order chi connectivity index (χ0) is 15.7. The molecule has 4 nitrogen and oxygen atoms in total. The highest BCUT2D eigenvalue weighted by Crippen LogP contribution is 2.25. The van der Waals surface area contributed by atoms with Gasteiger partial charge in [0.15, 0.2) is 0 Å². The number of nitrogens with zero attached hydrogens (tertiary/aromatic N) is 2. The number of benzene rings is 1. The molecule has 0 unspecified atom stereocenters. The minimum atomic E-state index is -0.404. The summed E-state index contributed by atoms with van der Waals surface area (Å²) >= 11 is 0. The smallest absolute Gasteiger partial charge is 0.256 e. The number of likely N-dealkylation sites (tertiary alicyclic amines) is 1. The Kier molecular flexibility index (Phi) is 3.96. The molecular formula is C17H19FN2O2. The third-order valence-corrected chi connectivity index (χ3v) is 4.23. The molecule has 1 amide bonds. The summed E-state index contributed by atoms with van der Waals surface area (Å²) in [5, 5.41) is 0.504. The summed E-state index contributed by atoms with van der Waals surface area (Å²) in [6.07, 6.45) is 5.79. The van der Waals surface area contributed by atoms with Crippen LogP contribution < -0.4 is 0 Å². The molecule has 2 aromatic rings. The summed E-state index contributed by atoms with van der Waals surface area (Å²) < 4.78 is 15.0. The molecule has 1 aromatic carbocycles. The second-order valence-corrected chi connectivity index (χ2v) is 5.80. The van der Waals surface area contributed by atoms with Gasteiger partial charge in [0.05, 0.1) is 11.1 Å². The van der Waals surface area contributed by atoms with E-state index in [9.17, 15) is 14.0 Å². The van der Waals surface area contributed by atoms with Crippen LogP contribution in [0.4, 0.5) is 4.39 Å². The van der Waals surface area contributed by atoms with Crippen molar-refractivity contribution in [2.24, 2.45) is 0 Å². The van der Waals surface area contributed by atoms with Gasteiger partial charge in [-0.25, -0.2) is 4.39 Å². The predicted molar refractivity (Wildman–Crippen MR) is 82.6 cm³/mol. The Hall–Kier alpha value is -2.17. The first-order chi connectivity index (χ1) is 10.6. The largest absolute Gasteiger partial charge is 0.339 e. The zero-order valence-corrected chi connectivity index (χ0v) is 12.6. The first-order valence-corrected chi connectivity index (χ1v) is 7.69. The predicted octanol–water partition coefficient (Wildman–Crippen LogP) is 3.46. The molecule has 0 radical (unpaired) electrons. The molecule has 2 heterocycles. The quantitative estimate of drug-likeness (QED) is 0.809. The maximum Gasteiger partial charge on any atom is 0.256 e. The van der Waals surface area contributed by atoms with Gasteiger partial charge in [-0.2, -0.15) is 0 Å². The number of amides is 1. The Morgan fingerprint density at radius 2 is 1.77 bits per heavy atom. The normalized spacial score (nSPS) is 15.8. The van der Waals surface area contributed by atoms with E-state index in [0.717, 1.165) is 38.8 Å². The highest BCUT2D eigenvalue weighted by molar-refractivity contribution is 6.09. The molecule has 1 fully saturated rings. The van der Waals surface area contributed by atoms with Gasteiger partial charge >= 0.3 is 0 Å². The highest BCUT2D eigenvalue weighted by Gasteiger charge is 2.22. The molecule has 0 bridgehead atoms. The molecule has 0 N–H and O–H groups in total. The Labute approximate surface area is 128 Å². The van der Waals surface area contributed by atoms with E-state index in [1.165, 1.54) is 23.6 Å². The van der Waals surface area contributed by atoms with Crippen molar-refractivity contribution in [1.29, 1.82) is 0 Å². The SMILES string of the molecule is CC(=O)n1cc(C(=O)N2CCCCCC2)c2cc(F)ccc21. The Bertz CT molecular complexity index is 728. The fourth-order valence-corrected chi connectivity index (χ4v) is 3.08. The molecule has 1 aliphatic rings. The van der Waals surface area contributed by atoms with E-state index in [0.29, 0.717) is 16.5 Å². The van der Waals surface area contributed by atoms with E-state index < -0.39 is 5.82 Å². The van der Waals surface area contributed by atoms with Gasteiger partial charge in [0.1, 0.15) is 5.82 Å². The van der Waals surface area contributed by atoms with Crippen LogP contribution in [-0.4, -0.2) is 34.4 Å². The van der Waals surface area contributed by atoms with Gasteiger partial charge in [0, 0.05) is 31.6 Å². The molecule has 0 atom stereocenters. The van der Waals surface area contributed by atoms with Gasteiger partial charge in [0.2, 0.25) is 5.91 Å². The van der Waals surface area contributed by atoms with E-state index >= 15 is 0 Å². The van der Waals surface area contributed by atoms with Crippen LogP contribution in [0.2, 0.25) is 0 Å². The third kappa shape index (κ3) is 2.63. The number of halogens is 1. The fraction of sp³-hybridized carbons (Fsp3) is 0.412. The van der Waals surface area contributed by atoms with Gasteiger partial charge in [-0.1, -0.05) is 12.8 Å². The van der Waals surface area contributed by atoms with Crippen molar-refractivity contribution in [1.82, 2.24) is 9.47 Å². The second kappa shape index (κ2) is 5.91. The number of carbonyl (C=O) groups is 2. The summed E-state index contributed by atoms with van der Waals surface area (Å²) in [6.45, 7) is 2.88. The average Bonchev–Trinajstić information content (AvgIpc) is 2.68. The maximum absolute atomic E-state index is 13.6. The van der Waals surface area contributed by atoms with Gasteiger partial charge in [-0.15, -0.1) is 0 Å². The van der Waals surface area contributed by atoms with Gasteiger partial charge in [0.25, 0.3) is 5.91 Å². The van der Waals surface area contributed by atoms with Crippen LogP contribution in [0, 0.1) is 5.82 Å². The van der Waals surface area contributed by atoms with Crippen molar-refractivity contribution in [3.05, 3.63) is 35.8 Å². The molecule has 1 aromatic heterocycles. The minimum Gasteiger partial charge on any atom is -0.339 e. The lowest BCUT2D eigenvalue weighted by molar-refractivity contribution is 0.0763. The van der Waals surface area contributed by atoms with Crippen LogP contribution in [0.5, 0.6) is 0 Å². The second-order valence-electron chi connectivity index (χ2n) is 5.80. The minimum absolute atomic E-state index is 0.113. The van der Waals surface area contributed by atoms with Crippen LogP contribution in [0.1, 0.15) is 47.8 Å². The van der Waals surface area contributed by atoms with Crippen molar-refractivity contribution >= 4 is 22.7 Å². The third-order valence-electron chi connectivity index (χ3n) is 4.23. The number of carbonyl (C=O) groups excluding carboxylic acids is 2. The highest BCUT2D eigenvalue weighted by atomic mass is 19.1. The van der Waals surface area contributed by atoms with E-state index in [1.807, 2.05) is 4.90 Å². The van der Waals surface area contributed by atoms with Crippen LogP contribution in [-0.2, 0) is 0 Å². The Balaban J connectivity index is 2.07. The summed E-state index contributed by atoms with van der Waals surface area (Å²) in [7, 11) is 0. The average molecular weight is 302 g/mol. The summed E-state index contributed by atoms with van der Waals surface area (Å²) in [6, 6.07) is 4.19. The molecule has 3 rings (SSSR count). The molecule has 1 aliphatic heterocycles.